The van der Waals surface area contributed by atoms with Gasteiger partial charge in [0, 0.05) is 10.6 Å². The van der Waals surface area contributed by atoms with E-state index in [1.807, 2.05) is 0 Å². The summed E-state index contributed by atoms with van der Waals surface area (Å²) in [6.45, 7) is 1.56. The number of hydrogen-bond donors (Lipinski definition) is 3. The molecule has 26 heteroatoms. The molecule has 5 rings (SSSR count). The Bertz CT molecular complexity index is 2250. The van der Waals surface area contributed by atoms with E-state index >= 15 is 0 Å². The second kappa shape index (κ2) is 19.5. The number of benzene rings is 3. The minimum atomic E-state index is -4.96. The summed E-state index contributed by atoms with van der Waals surface area (Å²) >= 11 is 6.51. The predicted octanol–water partition coefficient (Wildman–Crippen LogP) is -5.32. The van der Waals surface area contributed by atoms with Gasteiger partial charge in [-0.2, -0.15) is 34.2 Å². The van der Waals surface area contributed by atoms with E-state index in [9.17, 15) is 36.3 Å². The van der Waals surface area contributed by atoms with Crippen molar-refractivity contribution >= 4 is 78.5 Å². The molecule has 0 aliphatic heterocycles. The summed E-state index contributed by atoms with van der Waals surface area (Å²) in [6, 6.07) is 14.5. The maximum Gasteiger partial charge on any atom is 1.00 e. The number of nitrogens with one attached hydrogen (secondary N) is 2. The molecule has 0 aliphatic carbocycles. The van der Waals surface area contributed by atoms with Crippen LogP contribution in [0.3, 0.4) is 0 Å². The van der Waals surface area contributed by atoms with Gasteiger partial charge in [-0.1, -0.05) is 6.07 Å². The third-order valence-electron chi connectivity index (χ3n) is 5.98. The van der Waals surface area contributed by atoms with E-state index < -0.39 is 35.9 Å². The molecule has 19 nitrogen and oxygen atoms in total. The molecule has 0 unspecified atom stereocenters. The van der Waals surface area contributed by atoms with Crippen molar-refractivity contribution in [1.82, 2.24) is 24.7 Å². The van der Waals surface area contributed by atoms with E-state index in [1.165, 1.54) is 30.3 Å². The molecule has 0 amide bonds. The molecule has 0 saturated heterocycles. The summed E-state index contributed by atoms with van der Waals surface area (Å²) in [4.78, 5) is 11.1. The summed E-state index contributed by atoms with van der Waals surface area (Å²) in [5.74, 6) is -0.752. The van der Waals surface area contributed by atoms with Gasteiger partial charge in [-0.3, -0.25) is 5.04 Å². The first kappa shape index (κ1) is 45.4. The molecule has 5 aromatic rings. The number of aromatic nitrogens is 5. The van der Waals surface area contributed by atoms with Crippen LogP contribution in [-0.2, 0) is 29.6 Å². The van der Waals surface area contributed by atoms with E-state index in [4.69, 9.17) is 11.6 Å². The van der Waals surface area contributed by atoms with Gasteiger partial charge < -0.3 is 30.1 Å². The van der Waals surface area contributed by atoms with Gasteiger partial charge in [-0.05, 0) is 79.2 Å². The first-order valence-corrected chi connectivity index (χ1v) is 16.7. The van der Waals surface area contributed by atoms with Crippen molar-refractivity contribution in [2.45, 2.75) is 21.6 Å². The molecular weight excluding hydrogens is 787 g/mol. The van der Waals surface area contributed by atoms with Crippen molar-refractivity contribution < 1.29 is 134 Å². The van der Waals surface area contributed by atoms with Gasteiger partial charge in [0.05, 0.1) is 44.6 Å². The number of aromatic hydroxyl groups is 1. The average Bonchev–Trinajstić information content (AvgIpc) is 3.30. The van der Waals surface area contributed by atoms with Crippen molar-refractivity contribution in [2.24, 2.45) is 10.2 Å². The number of nitrogens with zero attached hydrogens (tertiary/aromatic N) is 7. The fourth-order valence-electron chi connectivity index (χ4n) is 3.95. The van der Waals surface area contributed by atoms with Crippen LogP contribution < -0.4 is 105 Å². The maximum absolute atomic E-state index is 11.8. The zero-order valence-electron chi connectivity index (χ0n) is 26.7. The Morgan fingerprint density at radius 3 is 2.18 bits per heavy atom. The fourth-order valence-corrected chi connectivity index (χ4v) is 5.59. The summed E-state index contributed by atoms with van der Waals surface area (Å²) < 4.78 is 74.4. The Morgan fingerprint density at radius 1 is 0.882 bits per heavy atom. The molecule has 0 aliphatic rings. The predicted molar refractivity (Wildman–Crippen MR) is 162 cm³/mol. The van der Waals surface area contributed by atoms with E-state index in [2.05, 4.69) is 50.3 Å². The van der Waals surface area contributed by atoms with Crippen LogP contribution in [0.5, 0.6) is 5.88 Å². The zero-order valence-corrected chi connectivity index (χ0v) is 35.9. The van der Waals surface area contributed by atoms with Crippen LogP contribution in [0.1, 0.15) is 5.69 Å². The third kappa shape index (κ3) is 12.1. The standard InChI is InChI=1S/C25H20ClN9O10S3.3Na/c1-13-21(22(36)35(34-13)16-5-8-18(9-6-16)47(38,39)40)33-32-15-4-2-3-14(11-15)27-24-29-23(26)30-25(31-24)28-19-12-17(46-45-44-37)7-10-20(19)48(41,42)43;;;/h2-12,36-37H,1H3,(H,38,39,40)(H,41,42,43)(H2,27,28,29,30,31);;;/q;3*+1/p-3. The summed E-state index contributed by atoms with van der Waals surface area (Å²) in [6.07, 6.45) is 0. The Hall–Kier alpha value is -1.78. The molecule has 3 N–H and O–H groups in total. The molecule has 0 bridgehead atoms. The summed E-state index contributed by atoms with van der Waals surface area (Å²) in [5.41, 5.74) is 1.01. The van der Waals surface area contributed by atoms with Gasteiger partial charge in [0.25, 0.3) is 0 Å². The Morgan fingerprint density at radius 2 is 1.55 bits per heavy atom. The van der Waals surface area contributed by atoms with Crippen LogP contribution in [0.25, 0.3) is 5.69 Å². The van der Waals surface area contributed by atoms with Crippen molar-refractivity contribution in [3.63, 3.8) is 0 Å². The van der Waals surface area contributed by atoms with Gasteiger partial charge in [0.15, 0.2) is 5.69 Å². The molecule has 250 valence electrons. The molecular formula is C25H17ClN9Na3O10S3. The number of rotatable bonds is 12. The average molecular weight is 804 g/mol. The second-order valence-electron chi connectivity index (χ2n) is 9.20. The van der Waals surface area contributed by atoms with E-state index in [0.29, 0.717) is 23.4 Å². The molecule has 2 heterocycles. The Kier molecular flexibility index (Phi) is 17.4. The SMILES string of the molecule is Cc1nn(-c2ccc(S(=O)(=O)[O-])cc2)c(O)c1N=Nc1cccc(Nc2nc(Cl)nc(Nc3cc(SOO[O-])ccc3S(=O)(=O)[O-])n2)c1.[Na+].[Na+].[Na+]. The van der Waals surface area contributed by atoms with Gasteiger partial charge in [-0.25, -0.2) is 16.8 Å². The van der Waals surface area contributed by atoms with Crippen molar-refractivity contribution in [1.29, 1.82) is 0 Å². The summed E-state index contributed by atoms with van der Waals surface area (Å²) in [7, 11) is -9.61. The molecule has 3 aromatic carbocycles. The normalized spacial score (nSPS) is 11.3. The monoisotopic (exact) mass is 803 g/mol. The first-order valence-electron chi connectivity index (χ1n) is 12.8. The van der Waals surface area contributed by atoms with Crippen LogP contribution in [0, 0.1) is 6.92 Å². The van der Waals surface area contributed by atoms with Crippen LogP contribution >= 0.6 is 23.6 Å². The van der Waals surface area contributed by atoms with Crippen LogP contribution in [0.4, 0.5) is 34.6 Å². The zero-order chi connectivity index (χ0) is 34.6. The number of azo groups is 1. The fraction of sp³-hybridized carbons (Fsp3) is 0.0400. The molecule has 0 atom stereocenters. The molecule has 0 spiro atoms. The van der Waals surface area contributed by atoms with E-state index in [1.54, 1.807) is 25.1 Å². The molecule has 0 radical (unpaired) electrons. The van der Waals surface area contributed by atoms with Crippen LogP contribution in [0.2, 0.25) is 5.28 Å². The number of halogens is 1. The Balaban J connectivity index is 0.00000300. The quantitative estimate of drug-likeness (QED) is 0.0265. The molecule has 0 saturated carbocycles. The van der Waals surface area contributed by atoms with Gasteiger partial charge in [-0.15, -0.1) is 5.11 Å². The van der Waals surface area contributed by atoms with Crippen molar-refractivity contribution in [3.8, 4) is 11.6 Å². The summed E-state index contributed by atoms with van der Waals surface area (Å²) in [5, 5.41) is 41.8. The minimum Gasteiger partial charge on any atom is -0.744 e. The first-order chi connectivity index (χ1) is 22.7. The largest absolute Gasteiger partial charge is 1.00 e. The van der Waals surface area contributed by atoms with Crippen molar-refractivity contribution in [3.05, 3.63) is 77.7 Å². The van der Waals surface area contributed by atoms with Gasteiger partial charge in [0.1, 0.15) is 20.2 Å². The van der Waals surface area contributed by atoms with E-state index in [-0.39, 0.29) is 134 Å². The topological polar surface area (TPSA) is 281 Å². The molecule has 51 heavy (non-hydrogen) atoms. The molecule has 2 aromatic heterocycles. The van der Waals surface area contributed by atoms with Gasteiger partial charge in [0.2, 0.25) is 23.1 Å². The van der Waals surface area contributed by atoms with Crippen LogP contribution in [-0.4, -0.2) is 55.8 Å². The maximum atomic E-state index is 11.8. The third-order valence-corrected chi connectivity index (χ3v) is 8.46. The van der Waals surface area contributed by atoms with Crippen LogP contribution in [0.15, 0.2) is 91.6 Å². The molecule has 0 fully saturated rings. The number of anilines is 4. The van der Waals surface area contributed by atoms with E-state index in [0.717, 1.165) is 22.9 Å². The smallest absolute Gasteiger partial charge is 0.744 e. The number of hydrogen-bond acceptors (Lipinski definition) is 19. The Labute approximate surface area is 365 Å². The second-order valence-corrected chi connectivity index (χ2v) is 13.0. The van der Waals surface area contributed by atoms with Crippen molar-refractivity contribution in [2.75, 3.05) is 10.6 Å². The minimum absolute atomic E-state index is 0. The number of aryl methyl sites for hydroxylation is 1. The van der Waals surface area contributed by atoms with Gasteiger partial charge >= 0.3 is 88.7 Å².